The summed E-state index contributed by atoms with van der Waals surface area (Å²) >= 11 is 0. The highest BCUT2D eigenvalue weighted by atomic mass is 35.5. The van der Waals surface area contributed by atoms with Crippen LogP contribution in [0, 0.1) is 0 Å². The maximum Gasteiger partial charge on any atom is 0.220 e. The van der Waals surface area contributed by atoms with E-state index in [1.54, 1.807) is 0 Å². The number of benzene rings is 1. The van der Waals surface area contributed by atoms with Crippen molar-refractivity contribution in [3.8, 4) is 0 Å². The Balaban J connectivity index is 0.00000289. The van der Waals surface area contributed by atoms with Crippen LogP contribution in [-0.4, -0.2) is 19.0 Å². The summed E-state index contributed by atoms with van der Waals surface area (Å²) in [6.07, 6.45) is 1.33. The zero-order valence-corrected chi connectivity index (χ0v) is 11.9. The number of carbonyl (C=O) groups is 1. The van der Waals surface area contributed by atoms with E-state index in [1.807, 2.05) is 18.2 Å². The van der Waals surface area contributed by atoms with E-state index in [2.05, 4.69) is 31.3 Å². The number of amides is 1. The lowest BCUT2D eigenvalue weighted by Gasteiger charge is -2.24. The van der Waals surface area contributed by atoms with Gasteiger partial charge in [0.15, 0.2) is 0 Å². The van der Waals surface area contributed by atoms with E-state index in [9.17, 15) is 4.79 Å². The normalized spacial score (nSPS) is 10.6. The number of rotatable bonds is 6. The van der Waals surface area contributed by atoms with Gasteiger partial charge in [0.25, 0.3) is 0 Å². The third-order valence-electron chi connectivity index (χ3n) is 2.86. The van der Waals surface area contributed by atoms with E-state index in [4.69, 9.17) is 5.73 Å². The molecule has 0 bridgehead atoms. The molecule has 18 heavy (non-hydrogen) atoms. The van der Waals surface area contributed by atoms with Gasteiger partial charge in [-0.3, -0.25) is 4.79 Å². The molecule has 0 radical (unpaired) electrons. The SMILES string of the molecule is CC(C)(CC(=O)NCCCN)c1ccccc1.Cl. The van der Waals surface area contributed by atoms with Crippen LogP contribution in [0.2, 0.25) is 0 Å². The molecule has 0 saturated carbocycles. The van der Waals surface area contributed by atoms with Crippen molar-refractivity contribution in [2.45, 2.75) is 32.1 Å². The molecule has 4 heteroatoms. The predicted molar refractivity (Wildman–Crippen MR) is 78.0 cm³/mol. The van der Waals surface area contributed by atoms with Crippen LogP contribution < -0.4 is 11.1 Å². The zero-order valence-electron chi connectivity index (χ0n) is 11.1. The molecule has 0 aliphatic heterocycles. The Morgan fingerprint density at radius 3 is 2.44 bits per heavy atom. The van der Waals surface area contributed by atoms with E-state index in [-0.39, 0.29) is 23.7 Å². The van der Waals surface area contributed by atoms with Crippen LogP contribution in [0.4, 0.5) is 0 Å². The van der Waals surface area contributed by atoms with Crippen LogP contribution >= 0.6 is 12.4 Å². The van der Waals surface area contributed by atoms with Crippen molar-refractivity contribution in [3.05, 3.63) is 35.9 Å². The second kappa shape index (κ2) is 8.11. The molecular weight excluding hydrogens is 248 g/mol. The Morgan fingerprint density at radius 1 is 1.28 bits per heavy atom. The molecule has 0 aromatic heterocycles. The molecule has 0 heterocycles. The molecule has 1 amide bonds. The highest BCUT2D eigenvalue weighted by Crippen LogP contribution is 2.26. The minimum Gasteiger partial charge on any atom is -0.356 e. The number of nitrogens with one attached hydrogen (secondary N) is 1. The molecule has 102 valence electrons. The average molecular weight is 271 g/mol. The summed E-state index contributed by atoms with van der Waals surface area (Å²) in [7, 11) is 0. The Kier molecular flexibility index (Phi) is 7.64. The van der Waals surface area contributed by atoms with Gasteiger partial charge >= 0.3 is 0 Å². The fraction of sp³-hybridized carbons (Fsp3) is 0.500. The van der Waals surface area contributed by atoms with Gasteiger partial charge < -0.3 is 11.1 Å². The van der Waals surface area contributed by atoms with E-state index >= 15 is 0 Å². The summed E-state index contributed by atoms with van der Waals surface area (Å²) in [6.45, 7) is 5.46. The molecule has 0 saturated heterocycles. The first-order valence-corrected chi connectivity index (χ1v) is 6.08. The highest BCUT2D eigenvalue weighted by molar-refractivity contribution is 5.85. The smallest absolute Gasteiger partial charge is 0.220 e. The summed E-state index contributed by atoms with van der Waals surface area (Å²) in [4.78, 5) is 11.8. The molecule has 3 N–H and O–H groups in total. The molecule has 0 spiro atoms. The monoisotopic (exact) mass is 270 g/mol. The van der Waals surface area contributed by atoms with Crippen molar-refractivity contribution < 1.29 is 4.79 Å². The number of halogens is 1. The Hall–Kier alpha value is -1.06. The molecule has 0 aliphatic rings. The molecule has 0 unspecified atom stereocenters. The first-order chi connectivity index (χ1) is 8.06. The van der Waals surface area contributed by atoms with Crippen molar-refractivity contribution in [1.29, 1.82) is 0 Å². The van der Waals surface area contributed by atoms with E-state index < -0.39 is 0 Å². The van der Waals surface area contributed by atoms with Crippen molar-refractivity contribution in [1.82, 2.24) is 5.32 Å². The third kappa shape index (κ3) is 5.52. The summed E-state index contributed by atoms with van der Waals surface area (Å²) in [5.74, 6) is 0.0901. The molecule has 1 aromatic rings. The Labute approximate surface area is 116 Å². The van der Waals surface area contributed by atoms with Gasteiger partial charge in [0.1, 0.15) is 0 Å². The predicted octanol–water partition coefficient (Wildman–Crippen LogP) is 2.24. The van der Waals surface area contributed by atoms with Crippen LogP contribution in [0.15, 0.2) is 30.3 Å². The van der Waals surface area contributed by atoms with E-state index in [1.165, 1.54) is 5.56 Å². The third-order valence-corrected chi connectivity index (χ3v) is 2.86. The first kappa shape index (κ1) is 16.9. The van der Waals surface area contributed by atoms with Gasteiger partial charge in [-0.1, -0.05) is 44.2 Å². The maximum absolute atomic E-state index is 11.8. The highest BCUT2D eigenvalue weighted by Gasteiger charge is 2.23. The maximum atomic E-state index is 11.8. The topological polar surface area (TPSA) is 55.1 Å². The van der Waals surface area contributed by atoms with Crippen LogP contribution in [-0.2, 0) is 10.2 Å². The van der Waals surface area contributed by atoms with Gasteiger partial charge in [0, 0.05) is 13.0 Å². The summed E-state index contributed by atoms with van der Waals surface area (Å²) in [6, 6.07) is 10.1. The van der Waals surface area contributed by atoms with E-state index in [0.717, 1.165) is 6.42 Å². The van der Waals surface area contributed by atoms with Gasteiger partial charge in [0.2, 0.25) is 5.91 Å². The quantitative estimate of drug-likeness (QED) is 0.779. The summed E-state index contributed by atoms with van der Waals surface area (Å²) in [5.41, 5.74) is 6.44. The lowest BCUT2D eigenvalue weighted by molar-refractivity contribution is -0.122. The van der Waals surface area contributed by atoms with E-state index in [0.29, 0.717) is 19.5 Å². The molecule has 1 aromatic carbocycles. The van der Waals surface area contributed by atoms with Gasteiger partial charge in [-0.2, -0.15) is 0 Å². The van der Waals surface area contributed by atoms with Crippen LogP contribution in [0.3, 0.4) is 0 Å². The van der Waals surface area contributed by atoms with Crippen LogP contribution in [0.25, 0.3) is 0 Å². The van der Waals surface area contributed by atoms with Crippen molar-refractivity contribution in [3.63, 3.8) is 0 Å². The minimum atomic E-state index is -0.131. The molecular formula is C14H23ClN2O. The van der Waals surface area contributed by atoms with Gasteiger partial charge in [0.05, 0.1) is 0 Å². The van der Waals surface area contributed by atoms with Crippen LogP contribution in [0.5, 0.6) is 0 Å². The number of hydrogen-bond acceptors (Lipinski definition) is 2. The number of hydrogen-bond donors (Lipinski definition) is 2. The van der Waals surface area contributed by atoms with Crippen molar-refractivity contribution >= 4 is 18.3 Å². The van der Waals surface area contributed by atoms with Crippen molar-refractivity contribution in [2.75, 3.05) is 13.1 Å². The lowest BCUT2D eigenvalue weighted by atomic mass is 9.81. The van der Waals surface area contributed by atoms with Crippen LogP contribution in [0.1, 0.15) is 32.3 Å². The summed E-state index contributed by atoms with van der Waals surface area (Å²) < 4.78 is 0. The van der Waals surface area contributed by atoms with Gasteiger partial charge in [-0.15, -0.1) is 12.4 Å². The standard InChI is InChI=1S/C14H22N2O.ClH/c1-14(2,12-7-4-3-5-8-12)11-13(17)16-10-6-9-15;/h3-5,7-8H,6,9-11,15H2,1-2H3,(H,16,17);1H. The second-order valence-electron chi connectivity index (χ2n) is 4.92. The molecule has 0 atom stereocenters. The molecule has 0 aliphatic carbocycles. The number of nitrogens with two attached hydrogens (primary N) is 1. The second-order valence-corrected chi connectivity index (χ2v) is 4.92. The Bertz CT molecular complexity index is 352. The average Bonchev–Trinajstić information content (AvgIpc) is 2.30. The zero-order chi connectivity index (χ0) is 12.7. The largest absolute Gasteiger partial charge is 0.356 e. The fourth-order valence-corrected chi connectivity index (χ4v) is 1.79. The minimum absolute atomic E-state index is 0. The molecule has 0 fully saturated rings. The number of carbonyl (C=O) groups excluding carboxylic acids is 1. The fourth-order valence-electron chi connectivity index (χ4n) is 1.79. The molecule has 1 rings (SSSR count). The first-order valence-electron chi connectivity index (χ1n) is 6.08. The van der Waals surface area contributed by atoms with Gasteiger partial charge in [-0.25, -0.2) is 0 Å². The van der Waals surface area contributed by atoms with Crippen molar-refractivity contribution in [2.24, 2.45) is 5.73 Å². The van der Waals surface area contributed by atoms with Gasteiger partial charge in [-0.05, 0) is 23.9 Å². The molecule has 3 nitrogen and oxygen atoms in total. The summed E-state index contributed by atoms with van der Waals surface area (Å²) in [5, 5.41) is 2.89. The Morgan fingerprint density at radius 2 is 1.89 bits per heavy atom. The lowest BCUT2D eigenvalue weighted by Crippen LogP contribution is -2.32.